The summed E-state index contributed by atoms with van der Waals surface area (Å²) in [6, 6.07) is 3.96. The van der Waals surface area contributed by atoms with Crippen molar-refractivity contribution in [3.63, 3.8) is 0 Å². The summed E-state index contributed by atoms with van der Waals surface area (Å²) < 4.78 is 5.23. The molecule has 0 aliphatic rings. The van der Waals surface area contributed by atoms with Crippen LogP contribution >= 0.6 is 0 Å². The van der Waals surface area contributed by atoms with Gasteiger partial charge >= 0.3 is 5.97 Å². The van der Waals surface area contributed by atoms with Crippen LogP contribution < -0.4 is 4.74 Å². The molecule has 0 saturated carbocycles. The van der Waals surface area contributed by atoms with Crippen molar-refractivity contribution in [3.05, 3.63) is 23.8 Å². The number of aliphatic carboxylic acids is 1. The summed E-state index contributed by atoms with van der Waals surface area (Å²) in [6.45, 7) is 2.21. The van der Waals surface area contributed by atoms with Gasteiger partial charge in [-0.1, -0.05) is 12.1 Å². The van der Waals surface area contributed by atoms with Crippen molar-refractivity contribution in [2.45, 2.75) is 13.0 Å². The van der Waals surface area contributed by atoms with Crippen molar-refractivity contribution in [2.24, 2.45) is 0 Å². The highest BCUT2D eigenvalue weighted by Crippen LogP contribution is 2.35. The van der Waals surface area contributed by atoms with Crippen molar-refractivity contribution in [2.75, 3.05) is 20.7 Å². The number of phenols is 1. The van der Waals surface area contributed by atoms with Gasteiger partial charge in [0.15, 0.2) is 11.5 Å². The first-order valence-corrected chi connectivity index (χ1v) is 5.33. The van der Waals surface area contributed by atoms with Gasteiger partial charge in [-0.3, -0.25) is 9.69 Å². The summed E-state index contributed by atoms with van der Waals surface area (Å²) in [5, 5.41) is 19.1. The Morgan fingerprint density at radius 1 is 1.47 bits per heavy atom. The molecular weight excluding hydrogens is 222 g/mol. The van der Waals surface area contributed by atoms with E-state index in [4.69, 9.17) is 9.84 Å². The number of carboxylic acid groups (broad SMARTS) is 1. The maximum absolute atomic E-state index is 11.2. The number of hydrogen-bond acceptors (Lipinski definition) is 4. The minimum atomic E-state index is -1.01. The van der Waals surface area contributed by atoms with Gasteiger partial charge in [0, 0.05) is 5.56 Å². The number of benzene rings is 1. The Balaban J connectivity index is 3.20. The second kappa shape index (κ2) is 5.54. The third-order valence-electron chi connectivity index (χ3n) is 2.37. The summed E-state index contributed by atoms with van der Waals surface area (Å²) in [4.78, 5) is 12.7. The van der Waals surface area contributed by atoms with Crippen LogP contribution in [0.4, 0.5) is 0 Å². The zero-order valence-electron chi connectivity index (χ0n) is 10.2. The molecule has 0 saturated heterocycles. The van der Waals surface area contributed by atoms with E-state index in [2.05, 4.69) is 0 Å². The number of carboxylic acids is 1. The second-order valence-electron chi connectivity index (χ2n) is 3.83. The molecule has 0 aromatic heterocycles. The molecule has 1 aromatic carbocycles. The summed E-state index contributed by atoms with van der Waals surface area (Å²) in [5.41, 5.74) is 0.327. The Morgan fingerprint density at radius 2 is 2.12 bits per heavy atom. The topological polar surface area (TPSA) is 70.0 Å². The first kappa shape index (κ1) is 13.3. The molecular formula is C12H17NO4. The molecule has 0 aliphatic carbocycles. The van der Waals surface area contributed by atoms with Gasteiger partial charge in [0.25, 0.3) is 0 Å². The number of carbonyl (C=O) groups is 1. The number of para-hydroxylation sites is 1. The molecule has 2 N–H and O–H groups in total. The van der Waals surface area contributed by atoms with Crippen LogP contribution in [0.2, 0.25) is 0 Å². The third-order valence-corrected chi connectivity index (χ3v) is 2.37. The number of ether oxygens (including phenoxy) is 1. The molecule has 0 fully saturated rings. The normalized spacial score (nSPS) is 12.5. The van der Waals surface area contributed by atoms with Gasteiger partial charge < -0.3 is 14.9 Å². The van der Waals surface area contributed by atoms with E-state index >= 15 is 0 Å². The van der Waals surface area contributed by atoms with Crippen LogP contribution in [-0.4, -0.2) is 41.8 Å². The fourth-order valence-electron chi connectivity index (χ4n) is 1.66. The minimum absolute atomic E-state index is 0.115. The molecule has 1 unspecified atom stereocenters. The monoisotopic (exact) mass is 239 g/mol. The molecule has 5 nitrogen and oxygen atoms in total. The highest BCUT2D eigenvalue weighted by molar-refractivity contribution is 5.77. The summed E-state index contributed by atoms with van der Waals surface area (Å²) >= 11 is 0. The number of nitrogens with zero attached hydrogens (tertiary/aromatic N) is 1. The van der Waals surface area contributed by atoms with Gasteiger partial charge in [-0.2, -0.15) is 0 Å². The molecule has 0 heterocycles. The van der Waals surface area contributed by atoms with Crippen LogP contribution in [0.1, 0.15) is 18.5 Å². The Bertz CT molecular complexity index is 403. The predicted molar refractivity (Wildman–Crippen MR) is 63.3 cm³/mol. The Labute approximate surface area is 100 Å². The molecule has 1 rings (SSSR count). The van der Waals surface area contributed by atoms with E-state index in [0.717, 1.165) is 0 Å². The van der Waals surface area contributed by atoms with Gasteiger partial charge in [0.1, 0.15) is 6.04 Å². The summed E-state index contributed by atoms with van der Waals surface area (Å²) in [7, 11) is 3.29. The van der Waals surface area contributed by atoms with Crippen molar-refractivity contribution >= 4 is 5.97 Å². The number of likely N-dealkylation sites (N-methyl/N-ethyl adjacent to an activating group) is 1. The van der Waals surface area contributed by atoms with E-state index in [-0.39, 0.29) is 5.75 Å². The number of hydrogen-bond donors (Lipinski definition) is 2. The predicted octanol–water partition coefficient (Wildman–Crippen LogP) is 1.48. The van der Waals surface area contributed by atoms with E-state index in [1.165, 1.54) is 4.90 Å². The molecule has 17 heavy (non-hydrogen) atoms. The molecule has 0 spiro atoms. The average molecular weight is 239 g/mol. The molecule has 94 valence electrons. The van der Waals surface area contributed by atoms with E-state index in [0.29, 0.717) is 17.9 Å². The summed E-state index contributed by atoms with van der Waals surface area (Å²) in [6.07, 6.45) is 0. The number of aromatic hydroxyl groups is 1. The van der Waals surface area contributed by atoms with E-state index < -0.39 is 12.0 Å². The minimum Gasteiger partial charge on any atom is -0.504 e. The lowest BCUT2D eigenvalue weighted by Crippen LogP contribution is -2.27. The number of phenolic OH excluding ortho intramolecular Hbond substituents is 1. The maximum atomic E-state index is 11.2. The lowest BCUT2D eigenvalue weighted by atomic mass is 10.0. The molecule has 5 heteroatoms. The van der Waals surface area contributed by atoms with Gasteiger partial charge in [-0.25, -0.2) is 0 Å². The van der Waals surface area contributed by atoms with E-state index in [9.17, 15) is 9.90 Å². The molecule has 0 radical (unpaired) electrons. The second-order valence-corrected chi connectivity index (χ2v) is 3.83. The van der Waals surface area contributed by atoms with Crippen molar-refractivity contribution < 1.29 is 19.7 Å². The maximum Gasteiger partial charge on any atom is 0.325 e. The smallest absolute Gasteiger partial charge is 0.325 e. The van der Waals surface area contributed by atoms with Crippen molar-refractivity contribution in [1.82, 2.24) is 4.90 Å². The van der Waals surface area contributed by atoms with Crippen LogP contribution in [0.25, 0.3) is 0 Å². The van der Waals surface area contributed by atoms with Gasteiger partial charge in [-0.15, -0.1) is 0 Å². The molecule has 0 amide bonds. The van der Waals surface area contributed by atoms with Crippen molar-refractivity contribution in [1.29, 1.82) is 0 Å². The molecule has 0 aliphatic heterocycles. The van der Waals surface area contributed by atoms with Crippen LogP contribution in [0.15, 0.2) is 18.2 Å². The number of rotatable bonds is 5. The van der Waals surface area contributed by atoms with E-state index in [1.807, 2.05) is 0 Å². The fourth-order valence-corrected chi connectivity index (χ4v) is 1.66. The van der Waals surface area contributed by atoms with Crippen LogP contribution in [0.5, 0.6) is 11.5 Å². The first-order chi connectivity index (χ1) is 7.99. The lowest BCUT2D eigenvalue weighted by Gasteiger charge is -2.22. The zero-order valence-corrected chi connectivity index (χ0v) is 10.2. The molecule has 1 aromatic rings. The zero-order chi connectivity index (χ0) is 13.0. The fraction of sp³-hybridized carbons (Fsp3) is 0.417. The Morgan fingerprint density at radius 3 is 2.59 bits per heavy atom. The van der Waals surface area contributed by atoms with Gasteiger partial charge in [0.05, 0.1) is 6.61 Å². The van der Waals surface area contributed by atoms with Gasteiger partial charge in [-0.05, 0) is 27.1 Å². The first-order valence-electron chi connectivity index (χ1n) is 5.33. The lowest BCUT2D eigenvalue weighted by molar-refractivity contribution is -0.142. The summed E-state index contributed by atoms with van der Waals surface area (Å²) in [5.74, 6) is -0.826. The van der Waals surface area contributed by atoms with E-state index in [1.54, 1.807) is 39.2 Å². The Hall–Kier alpha value is -1.75. The van der Waals surface area contributed by atoms with Crippen LogP contribution in [0, 0.1) is 0 Å². The van der Waals surface area contributed by atoms with Crippen LogP contribution in [0.3, 0.4) is 0 Å². The van der Waals surface area contributed by atoms with Crippen molar-refractivity contribution in [3.8, 4) is 11.5 Å². The third kappa shape index (κ3) is 2.88. The quantitative estimate of drug-likeness (QED) is 0.814. The molecule has 1 atom stereocenters. The largest absolute Gasteiger partial charge is 0.504 e. The Kier molecular flexibility index (Phi) is 4.34. The molecule has 0 bridgehead atoms. The average Bonchev–Trinajstić information content (AvgIpc) is 2.23. The highest BCUT2D eigenvalue weighted by atomic mass is 16.5. The standard InChI is InChI=1S/C12H17NO4/c1-4-17-9-7-5-6-8(11(9)14)10(12(15)16)13(2)3/h5-7,10,14H,4H2,1-3H3,(H,15,16). The van der Waals surface area contributed by atoms with Gasteiger partial charge in [0.2, 0.25) is 0 Å². The highest BCUT2D eigenvalue weighted by Gasteiger charge is 2.26. The van der Waals surface area contributed by atoms with Crippen LogP contribution in [-0.2, 0) is 4.79 Å². The SMILES string of the molecule is CCOc1cccc(C(C(=O)O)N(C)C)c1O.